The molecule has 6 heteroatoms. The predicted molar refractivity (Wildman–Crippen MR) is 104 cm³/mol. The lowest BCUT2D eigenvalue weighted by Crippen LogP contribution is -2.24. The number of ether oxygens (including phenoxy) is 1. The van der Waals surface area contributed by atoms with Crippen LogP contribution in [0.25, 0.3) is 10.6 Å². The van der Waals surface area contributed by atoms with E-state index in [0.29, 0.717) is 5.88 Å². The Morgan fingerprint density at radius 1 is 1.31 bits per heavy atom. The molecule has 2 aromatic heterocycles. The van der Waals surface area contributed by atoms with Crippen molar-refractivity contribution in [1.29, 1.82) is 0 Å². The molecular weight excluding hydrogens is 346 g/mol. The van der Waals surface area contributed by atoms with E-state index in [9.17, 15) is 5.11 Å². The van der Waals surface area contributed by atoms with Gasteiger partial charge in [0, 0.05) is 41.9 Å². The van der Waals surface area contributed by atoms with Gasteiger partial charge in [-0.05, 0) is 24.6 Å². The van der Waals surface area contributed by atoms with E-state index in [0.717, 1.165) is 41.3 Å². The standard InChI is InChI=1S/C20H21N3O2S/c1-14-5-6-19(21-10-14)25-18-7-8-23(11-18)17-4-2-3-15(9-17)20-22-16(12-24)13-26-20/h2-6,9-10,13,18,24H,7-8,11-12H2,1H3/t18-/m0/s1. The lowest BCUT2D eigenvalue weighted by atomic mass is 10.2. The second-order valence-electron chi connectivity index (χ2n) is 6.50. The molecule has 26 heavy (non-hydrogen) atoms. The van der Waals surface area contributed by atoms with Gasteiger partial charge < -0.3 is 14.7 Å². The second kappa shape index (κ2) is 7.43. The first-order valence-corrected chi connectivity index (χ1v) is 9.59. The van der Waals surface area contributed by atoms with Gasteiger partial charge in [0.25, 0.3) is 0 Å². The van der Waals surface area contributed by atoms with Crippen LogP contribution in [-0.2, 0) is 6.61 Å². The molecule has 1 aromatic carbocycles. The van der Waals surface area contributed by atoms with E-state index in [2.05, 4.69) is 39.1 Å². The Kier molecular flexibility index (Phi) is 4.86. The van der Waals surface area contributed by atoms with Crippen molar-refractivity contribution >= 4 is 17.0 Å². The summed E-state index contributed by atoms with van der Waals surface area (Å²) in [5.41, 5.74) is 4.10. The van der Waals surface area contributed by atoms with Crippen molar-refractivity contribution in [3.05, 3.63) is 59.2 Å². The Bertz CT molecular complexity index is 879. The van der Waals surface area contributed by atoms with Gasteiger partial charge in [0.15, 0.2) is 0 Å². The number of aromatic nitrogens is 2. The zero-order chi connectivity index (χ0) is 17.9. The van der Waals surface area contributed by atoms with Crippen LogP contribution in [0.2, 0.25) is 0 Å². The number of aliphatic hydroxyl groups excluding tert-OH is 1. The van der Waals surface area contributed by atoms with Crippen molar-refractivity contribution in [2.75, 3.05) is 18.0 Å². The molecule has 3 heterocycles. The van der Waals surface area contributed by atoms with Crippen molar-refractivity contribution in [1.82, 2.24) is 9.97 Å². The average molecular weight is 367 g/mol. The number of hydrogen-bond acceptors (Lipinski definition) is 6. The van der Waals surface area contributed by atoms with Gasteiger partial charge in [-0.3, -0.25) is 0 Å². The first-order valence-electron chi connectivity index (χ1n) is 8.71. The molecule has 1 N–H and O–H groups in total. The molecule has 134 valence electrons. The number of thiazole rings is 1. The molecule has 4 rings (SSSR count). The molecule has 1 aliphatic heterocycles. The zero-order valence-corrected chi connectivity index (χ0v) is 15.4. The summed E-state index contributed by atoms with van der Waals surface area (Å²) >= 11 is 1.56. The van der Waals surface area contributed by atoms with Crippen LogP contribution in [0, 0.1) is 6.92 Å². The smallest absolute Gasteiger partial charge is 0.213 e. The van der Waals surface area contributed by atoms with E-state index in [1.807, 2.05) is 30.6 Å². The quantitative estimate of drug-likeness (QED) is 0.746. The van der Waals surface area contributed by atoms with Gasteiger partial charge in [-0.15, -0.1) is 11.3 Å². The minimum absolute atomic E-state index is 0.0195. The Labute approximate surface area is 156 Å². The van der Waals surface area contributed by atoms with Gasteiger partial charge in [-0.1, -0.05) is 18.2 Å². The Morgan fingerprint density at radius 3 is 3.00 bits per heavy atom. The number of hydrogen-bond donors (Lipinski definition) is 1. The van der Waals surface area contributed by atoms with Gasteiger partial charge in [0.2, 0.25) is 5.88 Å². The maximum Gasteiger partial charge on any atom is 0.213 e. The first kappa shape index (κ1) is 17.0. The van der Waals surface area contributed by atoms with Crippen molar-refractivity contribution in [2.45, 2.75) is 26.1 Å². The fourth-order valence-corrected chi connectivity index (χ4v) is 3.91. The lowest BCUT2D eigenvalue weighted by Gasteiger charge is -2.19. The van der Waals surface area contributed by atoms with Gasteiger partial charge in [0.05, 0.1) is 18.8 Å². The fraction of sp³-hybridized carbons (Fsp3) is 0.300. The van der Waals surface area contributed by atoms with E-state index in [1.54, 1.807) is 11.3 Å². The number of benzene rings is 1. The number of aryl methyl sites for hydroxylation is 1. The Morgan fingerprint density at radius 2 is 2.23 bits per heavy atom. The second-order valence-corrected chi connectivity index (χ2v) is 7.36. The summed E-state index contributed by atoms with van der Waals surface area (Å²) in [6, 6.07) is 12.3. The van der Waals surface area contributed by atoms with Crippen LogP contribution < -0.4 is 9.64 Å². The van der Waals surface area contributed by atoms with E-state index in [1.165, 1.54) is 5.69 Å². The van der Waals surface area contributed by atoms with Crippen molar-refractivity contribution in [3.63, 3.8) is 0 Å². The minimum atomic E-state index is -0.0195. The maximum absolute atomic E-state index is 9.21. The molecule has 0 aliphatic carbocycles. The number of anilines is 1. The van der Waals surface area contributed by atoms with Gasteiger partial charge in [-0.25, -0.2) is 9.97 Å². The molecule has 0 unspecified atom stereocenters. The third kappa shape index (κ3) is 3.71. The Balaban J connectivity index is 1.45. The molecular formula is C20H21N3O2S. The SMILES string of the molecule is Cc1ccc(O[C@H]2CCN(c3cccc(-c4nc(CO)cs4)c3)C2)nc1. The van der Waals surface area contributed by atoms with E-state index >= 15 is 0 Å². The van der Waals surface area contributed by atoms with Crippen molar-refractivity contribution in [2.24, 2.45) is 0 Å². The summed E-state index contributed by atoms with van der Waals surface area (Å²) in [5.74, 6) is 0.690. The predicted octanol–water partition coefficient (Wildman–Crippen LogP) is 3.66. The third-order valence-electron chi connectivity index (χ3n) is 4.49. The monoisotopic (exact) mass is 367 g/mol. The fourth-order valence-electron chi connectivity index (χ4n) is 3.10. The van der Waals surface area contributed by atoms with Gasteiger partial charge in [-0.2, -0.15) is 0 Å². The Hall–Kier alpha value is -2.44. The molecule has 1 atom stereocenters. The molecule has 5 nitrogen and oxygen atoms in total. The van der Waals surface area contributed by atoms with Crippen molar-refractivity contribution < 1.29 is 9.84 Å². The van der Waals surface area contributed by atoms with Crippen LogP contribution in [0.1, 0.15) is 17.7 Å². The molecule has 3 aromatic rings. The van der Waals surface area contributed by atoms with Gasteiger partial charge >= 0.3 is 0 Å². The summed E-state index contributed by atoms with van der Waals surface area (Å²) in [4.78, 5) is 11.1. The highest BCUT2D eigenvalue weighted by atomic mass is 32.1. The molecule has 0 amide bonds. The van der Waals surface area contributed by atoms with Crippen LogP contribution in [-0.4, -0.2) is 34.3 Å². The topological polar surface area (TPSA) is 58.5 Å². The summed E-state index contributed by atoms with van der Waals surface area (Å²) in [6.07, 6.45) is 2.96. The molecule has 1 saturated heterocycles. The lowest BCUT2D eigenvalue weighted by molar-refractivity contribution is 0.216. The highest BCUT2D eigenvalue weighted by molar-refractivity contribution is 7.13. The summed E-state index contributed by atoms with van der Waals surface area (Å²) in [5, 5.41) is 12.0. The summed E-state index contributed by atoms with van der Waals surface area (Å²) < 4.78 is 6.02. The third-order valence-corrected chi connectivity index (χ3v) is 5.43. The van der Waals surface area contributed by atoms with E-state index in [4.69, 9.17) is 4.74 Å². The maximum atomic E-state index is 9.21. The first-order chi connectivity index (χ1) is 12.7. The van der Waals surface area contributed by atoms with Crippen LogP contribution >= 0.6 is 11.3 Å². The number of aliphatic hydroxyl groups is 1. The largest absolute Gasteiger partial charge is 0.472 e. The molecule has 1 aliphatic rings. The average Bonchev–Trinajstić information content (AvgIpc) is 3.33. The summed E-state index contributed by atoms with van der Waals surface area (Å²) in [7, 11) is 0. The molecule has 0 spiro atoms. The summed E-state index contributed by atoms with van der Waals surface area (Å²) in [6.45, 7) is 3.81. The number of rotatable bonds is 5. The van der Waals surface area contributed by atoms with Crippen molar-refractivity contribution in [3.8, 4) is 16.5 Å². The highest BCUT2D eigenvalue weighted by Crippen LogP contribution is 2.29. The van der Waals surface area contributed by atoms with Gasteiger partial charge in [0.1, 0.15) is 11.1 Å². The van der Waals surface area contributed by atoms with Crippen LogP contribution in [0.3, 0.4) is 0 Å². The zero-order valence-electron chi connectivity index (χ0n) is 14.6. The van der Waals surface area contributed by atoms with Crippen LogP contribution in [0.5, 0.6) is 5.88 Å². The number of nitrogens with zero attached hydrogens (tertiary/aromatic N) is 3. The van der Waals surface area contributed by atoms with Crippen LogP contribution in [0.15, 0.2) is 48.0 Å². The van der Waals surface area contributed by atoms with E-state index < -0.39 is 0 Å². The molecule has 0 saturated carbocycles. The number of pyridine rings is 1. The highest BCUT2D eigenvalue weighted by Gasteiger charge is 2.25. The molecule has 0 radical (unpaired) electrons. The normalized spacial score (nSPS) is 16.8. The molecule has 1 fully saturated rings. The van der Waals surface area contributed by atoms with E-state index in [-0.39, 0.29) is 12.7 Å². The van der Waals surface area contributed by atoms with Crippen LogP contribution in [0.4, 0.5) is 5.69 Å². The molecule has 0 bridgehead atoms. The minimum Gasteiger partial charge on any atom is -0.472 e.